The zero-order chi connectivity index (χ0) is 14.8. The van der Waals surface area contributed by atoms with Crippen LogP contribution in [0.25, 0.3) is 16.9 Å². The van der Waals surface area contributed by atoms with Crippen LogP contribution in [0.5, 0.6) is 0 Å². The lowest BCUT2D eigenvalue weighted by molar-refractivity contribution is 0.0697. The Kier molecular flexibility index (Phi) is 3.15. The van der Waals surface area contributed by atoms with E-state index in [2.05, 4.69) is 15.3 Å². The normalized spacial score (nSPS) is 10.5. The largest absolute Gasteiger partial charge is 0.478 e. The van der Waals surface area contributed by atoms with Crippen molar-refractivity contribution in [3.05, 3.63) is 60.3 Å². The zero-order valence-corrected chi connectivity index (χ0v) is 10.6. The molecule has 0 aliphatic heterocycles. The highest BCUT2D eigenvalue weighted by Crippen LogP contribution is 2.18. The maximum absolute atomic E-state index is 13.1. The number of nitrogens with zero attached hydrogens (tertiary/aromatic N) is 4. The molecule has 2 aromatic heterocycles. The first kappa shape index (κ1) is 12.9. The van der Waals surface area contributed by atoms with Gasteiger partial charge in [0.1, 0.15) is 11.5 Å². The maximum Gasteiger partial charge on any atom is 0.335 e. The number of hydrogen-bond acceptors (Lipinski definition) is 4. The van der Waals surface area contributed by atoms with Gasteiger partial charge in [0.05, 0.1) is 29.8 Å². The predicted octanol–water partition coefficient (Wildman–Crippen LogP) is 2.17. The number of carboxylic acid groups (broad SMARTS) is 1. The standard InChI is InChI=1S/C14H9FN4O2/c15-11-5-12(7-16-6-11)19-8-13(17-18-19)9-1-3-10(4-2-9)14(20)21/h1-8H,(H,20,21). The van der Waals surface area contributed by atoms with Crippen LogP contribution in [0.1, 0.15) is 10.4 Å². The summed E-state index contributed by atoms with van der Waals surface area (Å²) >= 11 is 0. The summed E-state index contributed by atoms with van der Waals surface area (Å²) in [5, 5.41) is 16.7. The molecule has 3 aromatic rings. The van der Waals surface area contributed by atoms with Crippen molar-refractivity contribution in [1.82, 2.24) is 20.0 Å². The maximum atomic E-state index is 13.1. The van der Waals surface area contributed by atoms with E-state index in [1.807, 2.05) is 0 Å². The van der Waals surface area contributed by atoms with Gasteiger partial charge in [-0.05, 0) is 12.1 Å². The van der Waals surface area contributed by atoms with Crippen LogP contribution >= 0.6 is 0 Å². The summed E-state index contributed by atoms with van der Waals surface area (Å²) in [6, 6.07) is 7.54. The summed E-state index contributed by atoms with van der Waals surface area (Å²) in [7, 11) is 0. The van der Waals surface area contributed by atoms with Gasteiger partial charge in [-0.15, -0.1) is 5.10 Å². The Balaban J connectivity index is 1.93. The molecule has 21 heavy (non-hydrogen) atoms. The van der Waals surface area contributed by atoms with Gasteiger partial charge in [-0.1, -0.05) is 17.3 Å². The van der Waals surface area contributed by atoms with Gasteiger partial charge in [0.25, 0.3) is 0 Å². The number of carbonyl (C=O) groups is 1. The van der Waals surface area contributed by atoms with Gasteiger partial charge in [0, 0.05) is 11.6 Å². The van der Waals surface area contributed by atoms with Crippen LogP contribution in [-0.4, -0.2) is 31.1 Å². The van der Waals surface area contributed by atoms with Gasteiger partial charge in [-0.3, -0.25) is 4.98 Å². The van der Waals surface area contributed by atoms with Crippen molar-refractivity contribution in [1.29, 1.82) is 0 Å². The molecule has 0 amide bonds. The van der Waals surface area contributed by atoms with E-state index in [4.69, 9.17) is 5.11 Å². The number of pyridine rings is 1. The minimum atomic E-state index is -0.990. The molecule has 7 heteroatoms. The fourth-order valence-electron chi connectivity index (χ4n) is 1.83. The van der Waals surface area contributed by atoms with E-state index in [1.54, 1.807) is 18.3 Å². The van der Waals surface area contributed by atoms with E-state index < -0.39 is 11.8 Å². The molecular formula is C14H9FN4O2. The van der Waals surface area contributed by atoms with Crippen LogP contribution in [0.15, 0.2) is 48.9 Å². The topological polar surface area (TPSA) is 80.9 Å². The number of halogens is 1. The Bertz CT molecular complexity index is 799. The summed E-state index contributed by atoms with van der Waals surface area (Å²) < 4.78 is 14.5. The van der Waals surface area contributed by atoms with Crippen LogP contribution in [0.2, 0.25) is 0 Å². The minimum Gasteiger partial charge on any atom is -0.478 e. The third-order valence-corrected chi connectivity index (χ3v) is 2.88. The molecule has 6 nitrogen and oxygen atoms in total. The lowest BCUT2D eigenvalue weighted by Gasteiger charge is -1.99. The van der Waals surface area contributed by atoms with E-state index in [0.717, 1.165) is 11.8 Å². The average Bonchev–Trinajstić information content (AvgIpc) is 2.97. The van der Waals surface area contributed by atoms with Crippen molar-refractivity contribution in [3.8, 4) is 16.9 Å². The Morgan fingerprint density at radius 2 is 1.95 bits per heavy atom. The van der Waals surface area contributed by atoms with Crippen molar-refractivity contribution < 1.29 is 14.3 Å². The molecule has 0 unspecified atom stereocenters. The third kappa shape index (κ3) is 2.62. The first-order valence-electron chi connectivity index (χ1n) is 6.00. The van der Waals surface area contributed by atoms with Crippen LogP contribution in [0.4, 0.5) is 4.39 Å². The van der Waals surface area contributed by atoms with E-state index in [1.165, 1.54) is 29.1 Å². The summed E-state index contributed by atoms with van der Waals surface area (Å²) in [5.74, 6) is -1.45. The Morgan fingerprint density at radius 3 is 2.62 bits per heavy atom. The molecule has 1 aromatic carbocycles. The second-order valence-electron chi connectivity index (χ2n) is 4.29. The van der Waals surface area contributed by atoms with Gasteiger partial charge in [-0.2, -0.15) is 0 Å². The molecule has 0 saturated heterocycles. The summed E-state index contributed by atoms with van der Waals surface area (Å²) in [4.78, 5) is 14.5. The van der Waals surface area contributed by atoms with Gasteiger partial charge in [0.2, 0.25) is 0 Å². The first-order valence-corrected chi connectivity index (χ1v) is 6.00. The van der Waals surface area contributed by atoms with E-state index in [-0.39, 0.29) is 5.56 Å². The highest BCUT2D eigenvalue weighted by molar-refractivity contribution is 5.88. The summed E-state index contributed by atoms with van der Waals surface area (Å²) in [6.07, 6.45) is 4.19. The zero-order valence-electron chi connectivity index (χ0n) is 10.6. The van der Waals surface area contributed by atoms with Gasteiger partial charge in [0.15, 0.2) is 0 Å². The second-order valence-corrected chi connectivity index (χ2v) is 4.29. The quantitative estimate of drug-likeness (QED) is 0.797. The highest BCUT2D eigenvalue weighted by Gasteiger charge is 2.08. The molecule has 0 radical (unpaired) electrons. The first-order chi connectivity index (χ1) is 10.1. The number of aromatic carboxylic acids is 1. The molecule has 0 saturated carbocycles. The molecule has 2 heterocycles. The molecule has 0 fully saturated rings. The van der Waals surface area contributed by atoms with Crippen LogP contribution in [0.3, 0.4) is 0 Å². The molecule has 0 bridgehead atoms. The number of aromatic nitrogens is 4. The Labute approximate surface area is 118 Å². The van der Waals surface area contributed by atoms with Crippen molar-refractivity contribution in [2.24, 2.45) is 0 Å². The van der Waals surface area contributed by atoms with E-state index in [9.17, 15) is 9.18 Å². The third-order valence-electron chi connectivity index (χ3n) is 2.88. The van der Waals surface area contributed by atoms with Gasteiger partial charge < -0.3 is 5.11 Å². The number of carboxylic acids is 1. The Morgan fingerprint density at radius 1 is 1.19 bits per heavy atom. The molecule has 104 valence electrons. The molecule has 0 aliphatic rings. The SMILES string of the molecule is O=C(O)c1ccc(-c2cn(-c3cncc(F)c3)nn2)cc1. The summed E-state index contributed by atoms with van der Waals surface area (Å²) in [6.45, 7) is 0. The molecule has 0 spiro atoms. The van der Waals surface area contributed by atoms with Gasteiger partial charge in [-0.25, -0.2) is 13.9 Å². The second kappa shape index (κ2) is 5.12. The smallest absolute Gasteiger partial charge is 0.335 e. The molecule has 1 N–H and O–H groups in total. The molecule has 0 aliphatic carbocycles. The molecule has 3 rings (SSSR count). The fraction of sp³-hybridized carbons (Fsp3) is 0. The average molecular weight is 284 g/mol. The number of rotatable bonds is 3. The highest BCUT2D eigenvalue weighted by atomic mass is 19.1. The van der Waals surface area contributed by atoms with Crippen LogP contribution in [-0.2, 0) is 0 Å². The monoisotopic (exact) mass is 284 g/mol. The van der Waals surface area contributed by atoms with Crippen molar-refractivity contribution in [2.75, 3.05) is 0 Å². The predicted molar refractivity (Wildman–Crippen MR) is 71.5 cm³/mol. The minimum absolute atomic E-state index is 0.195. The molecule has 0 atom stereocenters. The van der Waals surface area contributed by atoms with E-state index >= 15 is 0 Å². The van der Waals surface area contributed by atoms with Crippen molar-refractivity contribution in [3.63, 3.8) is 0 Å². The fourth-order valence-corrected chi connectivity index (χ4v) is 1.83. The summed E-state index contributed by atoms with van der Waals surface area (Å²) in [5.41, 5.74) is 1.92. The Hall–Kier alpha value is -3.09. The van der Waals surface area contributed by atoms with Crippen LogP contribution < -0.4 is 0 Å². The van der Waals surface area contributed by atoms with Crippen molar-refractivity contribution in [2.45, 2.75) is 0 Å². The lowest BCUT2D eigenvalue weighted by Crippen LogP contribution is -1.96. The number of benzene rings is 1. The van der Waals surface area contributed by atoms with E-state index in [0.29, 0.717) is 11.4 Å². The van der Waals surface area contributed by atoms with Crippen molar-refractivity contribution >= 4 is 5.97 Å². The molecular weight excluding hydrogens is 275 g/mol. The van der Waals surface area contributed by atoms with Gasteiger partial charge >= 0.3 is 5.97 Å². The number of hydrogen-bond donors (Lipinski definition) is 1. The lowest BCUT2D eigenvalue weighted by atomic mass is 10.1. The van der Waals surface area contributed by atoms with Crippen LogP contribution in [0, 0.1) is 5.82 Å².